The van der Waals surface area contributed by atoms with Gasteiger partial charge in [-0.1, -0.05) is 23.7 Å². The van der Waals surface area contributed by atoms with Crippen LogP contribution >= 0.6 is 11.6 Å². The summed E-state index contributed by atoms with van der Waals surface area (Å²) in [5, 5.41) is 0.554. The molecule has 0 spiro atoms. The van der Waals surface area contributed by atoms with Crippen LogP contribution in [-0.4, -0.2) is 30.1 Å². The van der Waals surface area contributed by atoms with Gasteiger partial charge < -0.3 is 9.47 Å². The summed E-state index contributed by atoms with van der Waals surface area (Å²) in [5.41, 5.74) is 1.50. The molecule has 0 amide bonds. The number of pyridine rings is 1. The summed E-state index contributed by atoms with van der Waals surface area (Å²) in [6, 6.07) is 6.81. The molecule has 0 aliphatic carbocycles. The molecule has 2 rings (SSSR count). The summed E-state index contributed by atoms with van der Waals surface area (Å²) in [5.74, 6) is -1.09. The number of hydrogen-bond donors (Lipinski definition) is 0. The largest absolute Gasteiger partial charge is 0.462 e. The minimum Gasteiger partial charge on any atom is -0.462 e. The third kappa shape index (κ3) is 3.87. The molecule has 0 N–H and O–H groups in total. The van der Waals surface area contributed by atoms with Crippen LogP contribution in [0.15, 0.2) is 36.7 Å². The molecule has 5 nitrogen and oxygen atoms in total. The number of carbonyl (C=O) groups is 2. The average molecular weight is 334 g/mol. The van der Waals surface area contributed by atoms with Gasteiger partial charge in [-0.2, -0.15) is 0 Å². The third-order valence-corrected chi connectivity index (χ3v) is 3.32. The summed E-state index contributed by atoms with van der Waals surface area (Å²) in [6.07, 6.45) is 2.76. The first-order chi connectivity index (χ1) is 11.1. The Balaban J connectivity index is 2.63. The number of carbonyl (C=O) groups excluding carboxylic acids is 2. The van der Waals surface area contributed by atoms with Crippen LogP contribution in [0.1, 0.15) is 34.6 Å². The van der Waals surface area contributed by atoms with Crippen molar-refractivity contribution in [2.24, 2.45) is 0 Å². The monoisotopic (exact) mass is 333 g/mol. The van der Waals surface area contributed by atoms with Crippen LogP contribution in [0.25, 0.3) is 11.1 Å². The van der Waals surface area contributed by atoms with Crippen molar-refractivity contribution in [1.29, 1.82) is 0 Å². The Kier molecular flexibility index (Phi) is 5.71. The van der Waals surface area contributed by atoms with E-state index in [0.29, 0.717) is 16.1 Å². The van der Waals surface area contributed by atoms with Gasteiger partial charge >= 0.3 is 11.9 Å². The summed E-state index contributed by atoms with van der Waals surface area (Å²) >= 11 is 5.91. The van der Waals surface area contributed by atoms with Crippen LogP contribution in [0.2, 0.25) is 5.02 Å². The molecule has 0 radical (unpaired) electrons. The number of esters is 2. The molecule has 0 aliphatic heterocycles. The second-order valence-electron chi connectivity index (χ2n) is 4.56. The van der Waals surface area contributed by atoms with E-state index < -0.39 is 11.9 Å². The predicted octanol–water partition coefficient (Wildman–Crippen LogP) is 3.76. The van der Waals surface area contributed by atoms with Crippen LogP contribution in [-0.2, 0) is 9.47 Å². The fraction of sp³-hybridized carbons (Fsp3) is 0.235. The molecule has 1 heterocycles. The van der Waals surface area contributed by atoms with E-state index in [1.54, 1.807) is 38.1 Å². The fourth-order valence-electron chi connectivity index (χ4n) is 2.12. The van der Waals surface area contributed by atoms with E-state index in [0.717, 1.165) is 0 Å². The first kappa shape index (κ1) is 17.0. The SMILES string of the molecule is CCOC(=O)c1cncc(C(=O)OCC)c1-c1ccc(Cl)cc1. The second-order valence-corrected chi connectivity index (χ2v) is 4.99. The van der Waals surface area contributed by atoms with Crippen molar-refractivity contribution in [2.75, 3.05) is 13.2 Å². The van der Waals surface area contributed by atoms with Crippen molar-refractivity contribution in [2.45, 2.75) is 13.8 Å². The number of halogens is 1. The first-order valence-corrected chi connectivity index (χ1v) is 7.54. The van der Waals surface area contributed by atoms with Gasteiger partial charge in [-0.15, -0.1) is 0 Å². The van der Waals surface area contributed by atoms with Crippen LogP contribution in [0, 0.1) is 0 Å². The zero-order valence-electron chi connectivity index (χ0n) is 12.8. The Bertz CT molecular complexity index is 677. The zero-order valence-corrected chi connectivity index (χ0v) is 13.6. The van der Waals surface area contributed by atoms with Gasteiger partial charge in [-0.05, 0) is 31.5 Å². The van der Waals surface area contributed by atoms with Gasteiger partial charge in [0.25, 0.3) is 0 Å². The van der Waals surface area contributed by atoms with Crippen molar-refractivity contribution in [3.63, 3.8) is 0 Å². The van der Waals surface area contributed by atoms with Crippen molar-refractivity contribution in [1.82, 2.24) is 4.98 Å². The highest BCUT2D eigenvalue weighted by Gasteiger charge is 2.22. The molecular formula is C17H16ClNO4. The van der Waals surface area contributed by atoms with E-state index in [9.17, 15) is 9.59 Å². The van der Waals surface area contributed by atoms with Crippen LogP contribution in [0.4, 0.5) is 0 Å². The van der Waals surface area contributed by atoms with E-state index in [2.05, 4.69) is 4.98 Å². The lowest BCUT2D eigenvalue weighted by Gasteiger charge is -2.13. The van der Waals surface area contributed by atoms with E-state index >= 15 is 0 Å². The molecule has 0 bridgehead atoms. The molecule has 120 valence electrons. The Morgan fingerprint density at radius 2 is 1.43 bits per heavy atom. The number of benzene rings is 1. The molecule has 0 saturated heterocycles. The Morgan fingerprint density at radius 3 is 1.87 bits per heavy atom. The van der Waals surface area contributed by atoms with Gasteiger partial charge in [0, 0.05) is 23.0 Å². The molecule has 0 aliphatic rings. The Hall–Kier alpha value is -2.40. The molecule has 6 heteroatoms. The first-order valence-electron chi connectivity index (χ1n) is 7.16. The number of ether oxygens (including phenoxy) is 2. The molecule has 0 atom stereocenters. The number of rotatable bonds is 5. The van der Waals surface area contributed by atoms with Crippen LogP contribution in [0.3, 0.4) is 0 Å². The maximum absolute atomic E-state index is 12.2. The third-order valence-electron chi connectivity index (χ3n) is 3.07. The number of nitrogens with zero attached hydrogens (tertiary/aromatic N) is 1. The molecule has 1 aromatic heterocycles. The maximum atomic E-state index is 12.2. The summed E-state index contributed by atoms with van der Waals surface area (Å²) in [7, 11) is 0. The smallest absolute Gasteiger partial charge is 0.340 e. The minimum absolute atomic E-state index is 0.208. The molecule has 23 heavy (non-hydrogen) atoms. The summed E-state index contributed by atoms with van der Waals surface area (Å²) < 4.78 is 10.1. The van der Waals surface area contributed by atoms with E-state index in [1.165, 1.54) is 12.4 Å². The van der Waals surface area contributed by atoms with Crippen molar-refractivity contribution in [3.05, 3.63) is 52.8 Å². The average Bonchev–Trinajstić information content (AvgIpc) is 2.55. The van der Waals surface area contributed by atoms with Gasteiger partial charge in [0.2, 0.25) is 0 Å². The van der Waals surface area contributed by atoms with Gasteiger partial charge in [0.15, 0.2) is 0 Å². The van der Waals surface area contributed by atoms with Gasteiger partial charge in [-0.3, -0.25) is 4.98 Å². The van der Waals surface area contributed by atoms with Gasteiger partial charge in [0.1, 0.15) is 0 Å². The lowest BCUT2D eigenvalue weighted by molar-refractivity contribution is 0.0526. The van der Waals surface area contributed by atoms with Crippen molar-refractivity contribution >= 4 is 23.5 Å². The van der Waals surface area contributed by atoms with Crippen molar-refractivity contribution < 1.29 is 19.1 Å². The summed E-state index contributed by atoms with van der Waals surface area (Å²) in [6.45, 7) is 3.87. The molecule has 0 saturated carbocycles. The zero-order chi connectivity index (χ0) is 16.8. The molecule has 1 aromatic carbocycles. The quantitative estimate of drug-likeness (QED) is 0.779. The van der Waals surface area contributed by atoms with Crippen molar-refractivity contribution in [3.8, 4) is 11.1 Å². The maximum Gasteiger partial charge on any atom is 0.340 e. The normalized spacial score (nSPS) is 10.2. The minimum atomic E-state index is -0.545. The van der Waals surface area contributed by atoms with E-state index in [-0.39, 0.29) is 24.3 Å². The van der Waals surface area contributed by atoms with Crippen LogP contribution < -0.4 is 0 Å². The van der Waals surface area contributed by atoms with Gasteiger partial charge in [0.05, 0.1) is 24.3 Å². The highest BCUT2D eigenvalue weighted by atomic mass is 35.5. The molecule has 0 unspecified atom stereocenters. The fourth-order valence-corrected chi connectivity index (χ4v) is 2.24. The number of aromatic nitrogens is 1. The standard InChI is InChI=1S/C17H16ClNO4/c1-3-22-16(20)13-9-19-10-14(17(21)23-4-2)15(13)11-5-7-12(18)8-6-11/h5-10H,3-4H2,1-2H3. The highest BCUT2D eigenvalue weighted by molar-refractivity contribution is 6.30. The topological polar surface area (TPSA) is 65.5 Å². The number of hydrogen-bond acceptors (Lipinski definition) is 5. The lowest BCUT2D eigenvalue weighted by Crippen LogP contribution is -2.13. The van der Waals surface area contributed by atoms with Crippen LogP contribution in [0.5, 0.6) is 0 Å². The second kappa shape index (κ2) is 7.74. The molecule has 2 aromatic rings. The summed E-state index contributed by atoms with van der Waals surface area (Å²) in [4.78, 5) is 28.4. The highest BCUT2D eigenvalue weighted by Crippen LogP contribution is 2.29. The lowest BCUT2D eigenvalue weighted by atomic mass is 9.96. The Morgan fingerprint density at radius 1 is 0.957 bits per heavy atom. The molecular weight excluding hydrogens is 318 g/mol. The van der Waals surface area contributed by atoms with E-state index in [1.807, 2.05) is 0 Å². The molecule has 0 fully saturated rings. The van der Waals surface area contributed by atoms with E-state index in [4.69, 9.17) is 21.1 Å². The van der Waals surface area contributed by atoms with Gasteiger partial charge in [-0.25, -0.2) is 9.59 Å². The Labute approximate surface area is 139 Å². The predicted molar refractivity (Wildman–Crippen MR) is 86.6 cm³/mol.